The summed E-state index contributed by atoms with van der Waals surface area (Å²) in [5.41, 5.74) is 5.85. The van der Waals surface area contributed by atoms with Crippen LogP contribution in [0.4, 0.5) is 5.82 Å². The Labute approximate surface area is 87.1 Å². The second kappa shape index (κ2) is 2.81. The summed E-state index contributed by atoms with van der Waals surface area (Å²) in [6, 6.07) is 4.10. The average molecular weight is 211 g/mol. The number of nitrogens with two attached hydrogens (primary N) is 1. The highest BCUT2D eigenvalue weighted by Crippen LogP contribution is 2.44. The first-order valence-electron chi connectivity index (χ1n) is 4.75. The second-order valence-electron chi connectivity index (χ2n) is 4.02. The highest BCUT2D eigenvalue weighted by atomic mass is 35.5. The molecule has 2 heterocycles. The van der Waals surface area contributed by atoms with Crippen LogP contribution in [0.2, 0.25) is 5.15 Å². The minimum atomic E-state index is 0.423. The molecule has 1 saturated heterocycles. The summed E-state index contributed by atoms with van der Waals surface area (Å²) in [4.78, 5) is 2.22. The van der Waals surface area contributed by atoms with E-state index in [1.807, 2.05) is 6.07 Å². The van der Waals surface area contributed by atoms with Gasteiger partial charge in [0.15, 0.2) is 11.0 Å². The van der Waals surface area contributed by atoms with Gasteiger partial charge in [0.1, 0.15) is 0 Å². The van der Waals surface area contributed by atoms with Crippen LogP contribution in [0.1, 0.15) is 0 Å². The van der Waals surface area contributed by atoms with Crippen molar-refractivity contribution in [3.63, 3.8) is 0 Å². The second-order valence-corrected chi connectivity index (χ2v) is 4.41. The summed E-state index contributed by atoms with van der Waals surface area (Å²) in [5.74, 6) is 2.26. The van der Waals surface area contributed by atoms with Gasteiger partial charge in [0.05, 0.1) is 0 Å². The number of nitrogens with zero attached hydrogens (tertiary/aromatic N) is 3. The lowest BCUT2D eigenvalue weighted by Crippen LogP contribution is -2.28. The van der Waals surface area contributed by atoms with Crippen LogP contribution in [0, 0.1) is 11.8 Å². The van der Waals surface area contributed by atoms with Gasteiger partial charge in [-0.2, -0.15) is 0 Å². The van der Waals surface area contributed by atoms with E-state index < -0.39 is 0 Å². The molecule has 4 nitrogen and oxygen atoms in total. The van der Waals surface area contributed by atoms with Gasteiger partial charge in [0, 0.05) is 19.1 Å². The highest BCUT2D eigenvalue weighted by Gasteiger charge is 2.53. The third-order valence-electron chi connectivity index (χ3n) is 3.20. The van der Waals surface area contributed by atoms with Crippen molar-refractivity contribution < 1.29 is 0 Å². The quantitative estimate of drug-likeness (QED) is 0.735. The van der Waals surface area contributed by atoms with E-state index in [1.165, 1.54) is 0 Å². The Bertz CT molecular complexity index is 340. The fraction of sp³-hybridized carbons (Fsp3) is 0.556. The number of hydrogen-bond donors (Lipinski definition) is 1. The van der Waals surface area contributed by atoms with Crippen LogP contribution in [0.5, 0.6) is 0 Å². The first-order chi connectivity index (χ1) is 6.75. The van der Waals surface area contributed by atoms with E-state index in [9.17, 15) is 0 Å². The number of rotatable bonds is 1. The standard InChI is InChI=1S/C9H11ClN4/c10-7-1-2-8(13-12-7)14-3-5-6(4-14)9(5)11/h1-2,5-6,9H,3-4,11H2. The van der Waals surface area contributed by atoms with E-state index in [-0.39, 0.29) is 0 Å². The lowest BCUT2D eigenvalue weighted by atomic mass is 10.4. The molecule has 1 aromatic rings. The summed E-state index contributed by atoms with van der Waals surface area (Å²) in [6.45, 7) is 2.03. The van der Waals surface area contributed by atoms with E-state index in [0.717, 1.165) is 18.9 Å². The van der Waals surface area contributed by atoms with Crippen molar-refractivity contribution in [2.75, 3.05) is 18.0 Å². The molecule has 0 spiro atoms. The van der Waals surface area contributed by atoms with Gasteiger partial charge < -0.3 is 10.6 Å². The lowest BCUT2D eigenvalue weighted by molar-refractivity contribution is 0.729. The van der Waals surface area contributed by atoms with Crippen LogP contribution in [0.15, 0.2) is 12.1 Å². The van der Waals surface area contributed by atoms with Crippen molar-refractivity contribution in [3.05, 3.63) is 17.3 Å². The van der Waals surface area contributed by atoms with E-state index >= 15 is 0 Å². The fourth-order valence-electron chi connectivity index (χ4n) is 2.24. The van der Waals surface area contributed by atoms with Gasteiger partial charge in [-0.05, 0) is 24.0 Å². The first kappa shape index (κ1) is 8.44. The van der Waals surface area contributed by atoms with Crippen LogP contribution < -0.4 is 10.6 Å². The molecular formula is C9H11ClN4. The molecular weight excluding hydrogens is 200 g/mol. The zero-order valence-corrected chi connectivity index (χ0v) is 8.35. The predicted molar refractivity (Wildman–Crippen MR) is 54.2 cm³/mol. The molecule has 2 fully saturated rings. The maximum absolute atomic E-state index is 5.85. The van der Waals surface area contributed by atoms with Gasteiger partial charge in [-0.3, -0.25) is 0 Å². The molecule has 3 rings (SSSR count). The van der Waals surface area contributed by atoms with Crippen molar-refractivity contribution >= 4 is 17.4 Å². The van der Waals surface area contributed by atoms with Gasteiger partial charge in [-0.25, -0.2) is 0 Å². The van der Waals surface area contributed by atoms with Gasteiger partial charge in [-0.15, -0.1) is 10.2 Å². The topological polar surface area (TPSA) is 55.0 Å². The third kappa shape index (κ3) is 1.18. The smallest absolute Gasteiger partial charge is 0.151 e. The Balaban J connectivity index is 1.76. The van der Waals surface area contributed by atoms with E-state index in [2.05, 4.69) is 15.1 Å². The van der Waals surface area contributed by atoms with Gasteiger partial charge in [-0.1, -0.05) is 11.6 Å². The molecule has 0 amide bonds. The van der Waals surface area contributed by atoms with Crippen LogP contribution in [0.3, 0.4) is 0 Å². The van der Waals surface area contributed by atoms with Crippen LogP contribution in [0.25, 0.3) is 0 Å². The molecule has 0 bridgehead atoms. The van der Waals surface area contributed by atoms with E-state index in [0.29, 0.717) is 23.0 Å². The molecule has 14 heavy (non-hydrogen) atoms. The van der Waals surface area contributed by atoms with Crippen molar-refractivity contribution in [3.8, 4) is 0 Å². The predicted octanol–water partition coefficient (Wildman–Crippen LogP) is 0.523. The van der Waals surface area contributed by atoms with E-state index in [4.69, 9.17) is 17.3 Å². The zero-order valence-electron chi connectivity index (χ0n) is 7.60. The van der Waals surface area contributed by atoms with Gasteiger partial charge in [0.2, 0.25) is 0 Å². The number of halogens is 1. The molecule has 0 aromatic carbocycles. The number of hydrogen-bond acceptors (Lipinski definition) is 4. The molecule has 2 atom stereocenters. The summed E-state index contributed by atoms with van der Waals surface area (Å²) in [6.07, 6.45) is 0. The minimum Gasteiger partial charge on any atom is -0.354 e. The molecule has 1 saturated carbocycles. The van der Waals surface area contributed by atoms with Crippen LogP contribution in [-0.4, -0.2) is 29.3 Å². The number of piperidine rings is 1. The molecule has 1 aromatic heterocycles. The SMILES string of the molecule is NC1C2CN(c3ccc(Cl)nn3)CC12. The fourth-order valence-corrected chi connectivity index (χ4v) is 2.34. The normalized spacial score (nSPS) is 34.4. The molecule has 5 heteroatoms. The average Bonchev–Trinajstić information content (AvgIpc) is 2.66. The molecule has 2 aliphatic rings. The maximum atomic E-state index is 5.85. The van der Waals surface area contributed by atoms with Crippen molar-refractivity contribution in [1.82, 2.24) is 10.2 Å². The lowest BCUT2D eigenvalue weighted by Gasteiger charge is -2.18. The maximum Gasteiger partial charge on any atom is 0.151 e. The third-order valence-corrected chi connectivity index (χ3v) is 3.40. The van der Waals surface area contributed by atoms with Crippen molar-refractivity contribution in [2.45, 2.75) is 6.04 Å². The number of fused-ring (bicyclic) bond motifs is 1. The molecule has 0 radical (unpaired) electrons. The Hall–Kier alpha value is -0.870. The summed E-state index contributed by atoms with van der Waals surface area (Å²) >= 11 is 5.67. The Morgan fingerprint density at radius 1 is 1.29 bits per heavy atom. The molecule has 2 N–H and O–H groups in total. The van der Waals surface area contributed by atoms with Crippen LogP contribution >= 0.6 is 11.6 Å². The number of aromatic nitrogens is 2. The van der Waals surface area contributed by atoms with Gasteiger partial charge in [0.25, 0.3) is 0 Å². The van der Waals surface area contributed by atoms with Gasteiger partial charge >= 0.3 is 0 Å². The zero-order chi connectivity index (χ0) is 9.71. The van der Waals surface area contributed by atoms with Crippen molar-refractivity contribution in [2.24, 2.45) is 17.6 Å². The summed E-state index contributed by atoms with van der Waals surface area (Å²) < 4.78 is 0. The molecule has 2 unspecified atom stereocenters. The Morgan fingerprint density at radius 2 is 2.00 bits per heavy atom. The summed E-state index contributed by atoms with van der Waals surface area (Å²) in [5, 5.41) is 8.31. The largest absolute Gasteiger partial charge is 0.354 e. The molecule has 1 aliphatic carbocycles. The van der Waals surface area contributed by atoms with Crippen molar-refractivity contribution in [1.29, 1.82) is 0 Å². The minimum absolute atomic E-state index is 0.423. The summed E-state index contributed by atoms with van der Waals surface area (Å²) in [7, 11) is 0. The molecule has 1 aliphatic heterocycles. The van der Waals surface area contributed by atoms with Crippen LogP contribution in [-0.2, 0) is 0 Å². The van der Waals surface area contributed by atoms with E-state index in [1.54, 1.807) is 6.07 Å². The number of anilines is 1. The monoisotopic (exact) mass is 210 g/mol. The first-order valence-corrected chi connectivity index (χ1v) is 5.13. The Morgan fingerprint density at radius 3 is 2.57 bits per heavy atom. The highest BCUT2D eigenvalue weighted by molar-refractivity contribution is 6.29. The molecule has 74 valence electrons. The Kier molecular flexibility index (Phi) is 1.69.